The van der Waals surface area contributed by atoms with E-state index in [9.17, 15) is 0 Å². The lowest BCUT2D eigenvalue weighted by molar-refractivity contribution is 0.340. The Balaban J connectivity index is 1.56. The highest BCUT2D eigenvalue weighted by molar-refractivity contribution is 6.03. The highest BCUT2D eigenvalue weighted by Crippen LogP contribution is 2.21. The molecule has 0 aliphatic rings. The first kappa shape index (κ1) is 16.0. The normalized spacial score (nSPS) is 11.8. The molecule has 0 saturated carbocycles. The van der Waals surface area contributed by atoms with Gasteiger partial charge in [0.1, 0.15) is 11.3 Å². The number of nitrogens with one attached hydrogen (secondary N) is 2. The predicted octanol–water partition coefficient (Wildman–Crippen LogP) is 3.74. The molecular weight excluding hydrogens is 328 g/mol. The van der Waals surface area contributed by atoms with Gasteiger partial charge in [0.05, 0.1) is 12.3 Å². The monoisotopic (exact) mass is 346 g/mol. The van der Waals surface area contributed by atoms with Crippen LogP contribution in [0.2, 0.25) is 0 Å². The van der Waals surface area contributed by atoms with E-state index in [0.29, 0.717) is 18.2 Å². The van der Waals surface area contributed by atoms with Crippen LogP contribution in [0.1, 0.15) is 19.4 Å². The third-order valence-electron chi connectivity index (χ3n) is 4.03. The van der Waals surface area contributed by atoms with Gasteiger partial charge in [-0.3, -0.25) is 0 Å². The Hall–Kier alpha value is -3.48. The van der Waals surface area contributed by atoms with Crippen molar-refractivity contribution in [2.45, 2.75) is 13.8 Å². The summed E-state index contributed by atoms with van der Waals surface area (Å²) in [4.78, 5) is 7.69. The topological polar surface area (TPSA) is 88.1 Å². The van der Waals surface area contributed by atoms with E-state index in [2.05, 4.69) is 30.7 Å². The minimum atomic E-state index is 0.342. The Kier molecular flexibility index (Phi) is 4.18. The number of rotatable bonds is 5. The molecule has 7 nitrogen and oxygen atoms in total. The summed E-state index contributed by atoms with van der Waals surface area (Å²) in [6.07, 6.45) is 0. The number of aromatic amines is 1. The zero-order chi connectivity index (χ0) is 17.9. The van der Waals surface area contributed by atoms with Crippen LogP contribution < -0.4 is 10.2 Å². The molecule has 2 heterocycles. The van der Waals surface area contributed by atoms with Gasteiger partial charge in [0.15, 0.2) is 5.65 Å². The molecule has 0 aliphatic carbocycles. The zero-order valence-corrected chi connectivity index (χ0v) is 14.5. The summed E-state index contributed by atoms with van der Waals surface area (Å²) in [6.45, 7) is 4.52. The van der Waals surface area contributed by atoms with E-state index in [4.69, 9.17) is 4.74 Å². The van der Waals surface area contributed by atoms with Gasteiger partial charge in [0.25, 0.3) is 5.95 Å². The fourth-order valence-electron chi connectivity index (χ4n) is 2.73. The molecule has 7 heteroatoms. The molecule has 2 aromatic heterocycles. The molecule has 0 radical (unpaired) electrons. The second kappa shape index (κ2) is 6.79. The third kappa shape index (κ3) is 3.06. The van der Waals surface area contributed by atoms with Gasteiger partial charge in [-0.15, -0.1) is 10.2 Å². The fourth-order valence-corrected chi connectivity index (χ4v) is 2.73. The Morgan fingerprint density at radius 3 is 2.73 bits per heavy atom. The second-order valence-corrected chi connectivity index (χ2v) is 5.77. The Morgan fingerprint density at radius 1 is 1.12 bits per heavy atom. The van der Waals surface area contributed by atoms with Crippen LogP contribution in [-0.2, 0) is 0 Å². The molecule has 0 spiro atoms. The number of benzene rings is 2. The van der Waals surface area contributed by atoms with Crippen molar-refractivity contribution < 1.29 is 4.74 Å². The third-order valence-corrected chi connectivity index (χ3v) is 4.03. The molecular formula is C19H18N6O. The molecule has 4 aromatic rings. The molecule has 2 N–H and O–H groups in total. The molecule has 0 atom stereocenters. The summed E-state index contributed by atoms with van der Waals surface area (Å²) in [7, 11) is 0. The van der Waals surface area contributed by atoms with Crippen molar-refractivity contribution in [1.29, 1.82) is 0 Å². The van der Waals surface area contributed by atoms with Crippen LogP contribution in [0.5, 0.6) is 5.75 Å². The van der Waals surface area contributed by atoms with Crippen molar-refractivity contribution in [1.82, 2.24) is 20.2 Å². The number of para-hydroxylation sites is 1. The maximum atomic E-state index is 5.45. The quantitative estimate of drug-likeness (QED) is 0.424. The van der Waals surface area contributed by atoms with Crippen LogP contribution >= 0.6 is 0 Å². The number of hydrogen-bond donors (Lipinski definition) is 2. The first-order valence-corrected chi connectivity index (χ1v) is 8.39. The van der Waals surface area contributed by atoms with E-state index in [0.717, 1.165) is 33.4 Å². The van der Waals surface area contributed by atoms with Crippen molar-refractivity contribution in [3.8, 4) is 5.75 Å². The summed E-state index contributed by atoms with van der Waals surface area (Å²) in [6, 6.07) is 15.7. The van der Waals surface area contributed by atoms with Crippen LogP contribution in [0.3, 0.4) is 0 Å². The van der Waals surface area contributed by atoms with E-state index in [-0.39, 0.29) is 0 Å². The van der Waals surface area contributed by atoms with Crippen molar-refractivity contribution in [3.63, 3.8) is 0 Å². The smallest absolute Gasteiger partial charge is 0.265 e. The molecule has 0 saturated heterocycles. The molecule has 0 amide bonds. The SMILES string of the molecule is CCOc1ccc(/C(C)=N\Nc2nnc3c(n2)[nH]c2ccccc23)cc1. The maximum absolute atomic E-state index is 5.45. The number of hydrazone groups is 1. The van der Waals surface area contributed by atoms with Crippen molar-refractivity contribution in [2.24, 2.45) is 5.10 Å². The molecule has 26 heavy (non-hydrogen) atoms. The van der Waals surface area contributed by atoms with Gasteiger partial charge in [0.2, 0.25) is 0 Å². The highest BCUT2D eigenvalue weighted by atomic mass is 16.5. The molecule has 0 fully saturated rings. The van der Waals surface area contributed by atoms with E-state index < -0.39 is 0 Å². The van der Waals surface area contributed by atoms with Crippen LogP contribution in [0.15, 0.2) is 53.6 Å². The lowest BCUT2D eigenvalue weighted by Gasteiger charge is -2.05. The van der Waals surface area contributed by atoms with Crippen molar-refractivity contribution >= 4 is 33.7 Å². The highest BCUT2D eigenvalue weighted by Gasteiger charge is 2.08. The number of anilines is 1. The summed E-state index contributed by atoms with van der Waals surface area (Å²) in [5, 5.41) is 13.7. The Labute approximate surface area is 150 Å². The van der Waals surface area contributed by atoms with Crippen molar-refractivity contribution in [3.05, 3.63) is 54.1 Å². The number of hydrogen-bond acceptors (Lipinski definition) is 6. The number of aromatic nitrogens is 4. The average molecular weight is 346 g/mol. The van der Waals surface area contributed by atoms with Crippen LogP contribution in [0, 0.1) is 0 Å². The van der Waals surface area contributed by atoms with Crippen LogP contribution in [-0.4, -0.2) is 32.5 Å². The molecule has 0 bridgehead atoms. The van der Waals surface area contributed by atoms with Gasteiger partial charge < -0.3 is 9.72 Å². The van der Waals surface area contributed by atoms with Crippen molar-refractivity contribution in [2.75, 3.05) is 12.0 Å². The summed E-state index contributed by atoms with van der Waals surface area (Å²) in [5.74, 6) is 1.18. The van der Waals surface area contributed by atoms with Crippen LogP contribution in [0.25, 0.3) is 22.1 Å². The van der Waals surface area contributed by atoms with E-state index in [1.807, 2.05) is 62.4 Å². The summed E-state index contributed by atoms with van der Waals surface area (Å²) < 4.78 is 5.45. The predicted molar refractivity (Wildman–Crippen MR) is 103 cm³/mol. The van der Waals surface area contributed by atoms with Gasteiger partial charge >= 0.3 is 0 Å². The summed E-state index contributed by atoms with van der Waals surface area (Å²) in [5.41, 5.74) is 7.08. The van der Waals surface area contributed by atoms with E-state index >= 15 is 0 Å². The first-order valence-electron chi connectivity index (χ1n) is 8.39. The minimum Gasteiger partial charge on any atom is -0.494 e. The number of H-pyrrole nitrogens is 1. The van der Waals surface area contributed by atoms with Gasteiger partial charge in [-0.1, -0.05) is 18.2 Å². The molecule has 0 unspecified atom stereocenters. The van der Waals surface area contributed by atoms with Gasteiger partial charge in [-0.05, 0) is 49.7 Å². The Bertz CT molecular complexity index is 1080. The number of fused-ring (bicyclic) bond motifs is 3. The average Bonchev–Trinajstić information content (AvgIpc) is 3.04. The fraction of sp³-hybridized carbons (Fsp3) is 0.158. The van der Waals surface area contributed by atoms with Gasteiger partial charge in [-0.25, -0.2) is 5.43 Å². The standard InChI is InChI=1S/C19H18N6O/c1-3-26-14-10-8-13(9-11-14)12(2)22-24-19-21-18-17(23-25-19)15-6-4-5-7-16(15)20-18/h4-11H,3H2,1-2H3,(H2,20,21,24,25)/b22-12-. The molecule has 4 rings (SSSR count). The maximum Gasteiger partial charge on any atom is 0.265 e. The lowest BCUT2D eigenvalue weighted by Crippen LogP contribution is -2.03. The van der Waals surface area contributed by atoms with Gasteiger partial charge in [-0.2, -0.15) is 10.1 Å². The van der Waals surface area contributed by atoms with E-state index in [1.54, 1.807) is 0 Å². The van der Waals surface area contributed by atoms with Crippen LogP contribution in [0.4, 0.5) is 5.95 Å². The number of ether oxygens (including phenoxy) is 1. The Morgan fingerprint density at radius 2 is 1.92 bits per heavy atom. The lowest BCUT2D eigenvalue weighted by atomic mass is 10.1. The van der Waals surface area contributed by atoms with Gasteiger partial charge in [0, 0.05) is 10.9 Å². The largest absolute Gasteiger partial charge is 0.494 e. The molecule has 0 aliphatic heterocycles. The zero-order valence-electron chi connectivity index (χ0n) is 14.5. The minimum absolute atomic E-state index is 0.342. The number of nitrogens with zero attached hydrogens (tertiary/aromatic N) is 4. The first-order chi connectivity index (χ1) is 12.7. The molecule has 130 valence electrons. The summed E-state index contributed by atoms with van der Waals surface area (Å²) >= 11 is 0. The second-order valence-electron chi connectivity index (χ2n) is 5.77. The molecule has 2 aromatic carbocycles. The van der Waals surface area contributed by atoms with E-state index in [1.165, 1.54) is 0 Å².